The van der Waals surface area contributed by atoms with E-state index in [0.29, 0.717) is 18.2 Å². The maximum absolute atomic E-state index is 10.3. The van der Waals surface area contributed by atoms with Crippen molar-refractivity contribution in [3.63, 3.8) is 0 Å². The number of nitro benzene ring substituents is 3. The van der Waals surface area contributed by atoms with Crippen LogP contribution in [0.5, 0.6) is 0 Å². The molecular weight excluding hydrogens is 346 g/mol. The lowest BCUT2D eigenvalue weighted by Gasteiger charge is -1.95. The van der Waals surface area contributed by atoms with Crippen LogP contribution in [0.3, 0.4) is 0 Å². The van der Waals surface area contributed by atoms with Gasteiger partial charge in [-0.15, -0.1) is 0 Å². The van der Waals surface area contributed by atoms with Crippen LogP contribution in [-0.4, -0.2) is 19.8 Å². The Bertz CT molecular complexity index is 928. The number of aromatic nitrogens is 1. The fourth-order valence-electron chi connectivity index (χ4n) is 1.98. The van der Waals surface area contributed by atoms with E-state index in [9.17, 15) is 30.3 Å². The fraction of sp³-hybridized carbons (Fsp3) is 0. The summed E-state index contributed by atoms with van der Waals surface area (Å²) in [6.45, 7) is 0. The summed E-state index contributed by atoms with van der Waals surface area (Å²) in [6, 6.07) is 11.6. The van der Waals surface area contributed by atoms with Crippen molar-refractivity contribution in [2.24, 2.45) is 0 Å². The molecule has 0 aliphatic rings. The van der Waals surface area contributed by atoms with E-state index in [1.165, 1.54) is 0 Å². The third-order valence-electron chi connectivity index (χ3n) is 3.15. The van der Waals surface area contributed by atoms with Crippen LogP contribution in [0.15, 0.2) is 54.7 Å². The van der Waals surface area contributed by atoms with Gasteiger partial charge in [0.2, 0.25) is 0 Å². The molecule has 0 fully saturated rings. The van der Waals surface area contributed by atoms with Crippen molar-refractivity contribution in [2.75, 3.05) is 5.73 Å². The van der Waals surface area contributed by atoms with Crippen molar-refractivity contribution in [3.05, 3.63) is 85.1 Å². The molecule has 1 heterocycles. The van der Waals surface area contributed by atoms with Crippen LogP contribution in [0.4, 0.5) is 22.7 Å². The van der Waals surface area contributed by atoms with Gasteiger partial charge in [0.05, 0.1) is 38.5 Å². The van der Waals surface area contributed by atoms with Gasteiger partial charge in [-0.05, 0) is 18.2 Å². The second-order valence-corrected chi connectivity index (χ2v) is 4.93. The molecule has 0 amide bonds. The molecule has 0 saturated heterocycles. The summed E-state index contributed by atoms with van der Waals surface area (Å²) in [5.74, 6) is 0. The molecule has 2 N–H and O–H groups in total. The lowest BCUT2D eigenvalue weighted by molar-refractivity contribution is -0.403. The van der Waals surface area contributed by atoms with E-state index in [2.05, 4.69) is 4.98 Å². The molecule has 11 nitrogen and oxygen atoms in total. The SMILES string of the molecule is Nc1ccc2cccnc2c1.O=[N+]([O-])c1cc([N+](=O)[O-])cc([N+](=O)[O-])c1. The normalized spacial score (nSPS) is 9.85. The van der Waals surface area contributed by atoms with E-state index in [-0.39, 0.29) is 0 Å². The van der Waals surface area contributed by atoms with Crippen molar-refractivity contribution < 1.29 is 14.8 Å². The Morgan fingerprint density at radius 2 is 1.27 bits per heavy atom. The molecule has 3 aromatic rings. The molecule has 0 spiro atoms. The molecule has 132 valence electrons. The lowest BCUT2D eigenvalue weighted by atomic mass is 10.2. The van der Waals surface area contributed by atoms with Crippen LogP contribution in [0.2, 0.25) is 0 Å². The minimum Gasteiger partial charge on any atom is -0.399 e. The quantitative estimate of drug-likeness (QED) is 0.423. The maximum atomic E-state index is 10.3. The van der Waals surface area contributed by atoms with E-state index in [1.807, 2.05) is 30.3 Å². The minimum atomic E-state index is -0.931. The molecule has 0 aliphatic carbocycles. The van der Waals surface area contributed by atoms with Crippen LogP contribution in [-0.2, 0) is 0 Å². The van der Waals surface area contributed by atoms with Gasteiger partial charge >= 0.3 is 0 Å². The van der Waals surface area contributed by atoms with E-state index in [4.69, 9.17) is 5.73 Å². The second kappa shape index (κ2) is 7.61. The molecule has 3 rings (SSSR count). The molecular formula is C15H11N5O6. The van der Waals surface area contributed by atoms with Gasteiger partial charge in [0.15, 0.2) is 0 Å². The highest BCUT2D eigenvalue weighted by molar-refractivity contribution is 5.81. The van der Waals surface area contributed by atoms with Crippen LogP contribution in [0, 0.1) is 30.3 Å². The largest absolute Gasteiger partial charge is 0.399 e. The number of nitrogens with zero attached hydrogens (tertiary/aromatic N) is 4. The van der Waals surface area contributed by atoms with Gasteiger partial charge < -0.3 is 5.73 Å². The average Bonchev–Trinajstić information content (AvgIpc) is 2.61. The molecule has 0 atom stereocenters. The Labute approximate surface area is 145 Å². The first-order valence-electron chi connectivity index (χ1n) is 6.96. The van der Waals surface area contributed by atoms with E-state index < -0.39 is 31.8 Å². The summed E-state index contributed by atoms with van der Waals surface area (Å²) in [4.78, 5) is 32.3. The van der Waals surface area contributed by atoms with Crippen molar-refractivity contribution in [1.82, 2.24) is 4.98 Å². The van der Waals surface area contributed by atoms with Gasteiger partial charge in [-0.2, -0.15) is 0 Å². The molecule has 0 unspecified atom stereocenters. The van der Waals surface area contributed by atoms with Crippen LogP contribution in [0.25, 0.3) is 10.9 Å². The van der Waals surface area contributed by atoms with E-state index in [0.717, 1.165) is 16.6 Å². The maximum Gasteiger partial charge on any atom is 0.283 e. The number of nitro groups is 3. The van der Waals surface area contributed by atoms with E-state index in [1.54, 1.807) is 6.20 Å². The summed E-state index contributed by atoms with van der Waals surface area (Å²) in [5.41, 5.74) is 5.24. The Balaban J connectivity index is 0.000000195. The highest BCUT2D eigenvalue weighted by Gasteiger charge is 2.21. The first-order chi connectivity index (χ1) is 12.3. The smallest absolute Gasteiger partial charge is 0.283 e. The highest BCUT2D eigenvalue weighted by Crippen LogP contribution is 2.26. The number of hydrogen-bond donors (Lipinski definition) is 1. The Hall–Kier alpha value is -4.15. The van der Waals surface area contributed by atoms with Crippen LogP contribution >= 0.6 is 0 Å². The molecule has 0 radical (unpaired) electrons. The topological polar surface area (TPSA) is 168 Å². The number of hydrogen-bond acceptors (Lipinski definition) is 8. The monoisotopic (exact) mass is 357 g/mol. The summed E-state index contributed by atoms with van der Waals surface area (Å²) in [5, 5.41) is 32.1. The number of nitrogens with two attached hydrogens (primary N) is 1. The third kappa shape index (κ3) is 4.44. The predicted molar refractivity (Wildman–Crippen MR) is 92.6 cm³/mol. The summed E-state index contributed by atoms with van der Waals surface area (Å²) < 4.78 is 0. The standard InChI is InChI=1S/C9H8N2.C6H3N3O6/c10-8-4-3-7-2-1-5-11-9(7)6-8;10-7(11)4-1-5(8(12)13)3-6(2-4)9(14)15/h1-6H,10H2;1-3H. The predicted octanol–water partition coefficient (Wildman–Crippen LogP) is 3.23. The second-order valence-electron chi connectivity index (χ2n) is 4.93. The zero-order chi connectivity index (χ0) is 19.3. The number of rotatable bonds is 3. The molecule has 0 saturated carbocycles. The number of pyridine rings is 1. The molecule has 2 aromatic carbocycles. The number of nitrogen functional groups attached to an aromatic ring is 1. The van der Waals surface area contributed by atoms with Gasteiger partial charge in [0, 0.05) is 17.3 Å². The van der Waals surface area contributed by atoms with Crippen LogP contribution < -0.4 is 5.73 Å². The highest BCUT2D eigenvalue weighted by atomic mass is 16.6. The number of non-ortho nitro benzene ring substituents is 3. The van der Waals surface area contributed by atoms with Crippen molar-refractivity contribution >= 4 is 33.7 Å². The molecule has 11 heteroatoms. The Morgan fingerprint density at radius 1 is 0.769 bits per heavy atom. The lowest BCUT2D eigenvalue weighted by Crippen LogP contribution is -1.96. The van der Waals surface area contributed by atoms with Crippen molar-refractivity contribution in [1.29, 1.82) is 0 Å². The summed E-state index contributed by atoms with van der Waals surface area (Å²) in [7, 11) is 0. The van der Waals surface area contributed by atoms with Crippen LogP contribution in [0.1, 0.15) is 0 Å². The first-order valence-corrected chi connectivity index (χ1v) is 6.96. The zero-order valence-corrected chi connectivity index (χ0v) is 13.0. The molecule has 1 aromatic heterocycles. The summed E-state index contributed by atoms with van der Waals surface area (Å²) in [6.07, 6.45) is 1.77. The zero-order valence-electron chi connectivity index (χ0n) is 13.0. The number of anilines is 1. The number of fused-ring (bicyclic) bond motifs is 1. The van der Waals surface area contributed by atoms with Gasteiger partial charge in [-0.25, -0.2) is 0 Å². The first kappa shape index (κ1) is 18.2. The average molecular weight is 357 g/mol. The van der Waals surface area contributed by atoms with Crippen molar-refractivity contribution in [3.8, 4) is 0 Å². The summed E-state index contributed by atoms with van der Waals surface area (Å²) >= 11 is 0. The number of benzene rings is 2. The van der Waals surface area contributed by atoms with E-state index >= 15 is 0 Å². The van der Waals surface area contributed by atoms with Gasteiger partial charge in [-0.1, -0.05) is 12.1 Å². The Kier molecular flexibility index (Phi) is 5.33. The minimum absolute atomic E-state index is 0.660. The van der Waals surface area contributed by atoms with Crippen molar-refractivity contribution in [2.45, 2.75) is 0 Å². The molecule has 0 bridgehead atoms. The third-order valence-corrected chi connectivity index (χ3v) is 3.15. The van der Waals surface area contributed by atoms with Gasteiger partial charge in [0.1, 0.15) is 0 Å². The van der Waals surface area contributed by atoms with Gasteiger partial charge in [0.25, 0.3) is 17.1 Å². The molecule has 0 aliphatic heterocycles. The molecule has 26 heavy (non-hydrogen) atoms. The fourth-order valence-corrected chi connectivity index (χ4v) is 1.98. The Morgan fingerprint density at radius 3 is 1.73 bits per heavy atom. The van der Waals surface area contributed by atoms with Gasteiger partial charge in [-0.3, -0.25) is 35.3 Å².